The van der Waals surface area contributed by atoms with Crippen molar-refractivity contribution in [3.05, 3.63) is 76.9 Å². The number of hydrogen-bond donors (Lipinski definition) is 1. The molecule has 6 heteroatoms. The summed E-state index contributed by atoms with van der Waals surface area (Å²) < 4.78 is 5.21. The van der Waals surface area contributed by atoms with E-state index in [9.17, 15) is 9.59 Å². The number of esters is 1. The third kappa shape index (κ3) is 3.39. The summed E-state index contributed by atoms with van der Waals surface area (Å²) in [6.45, 7) is 1.52. The number of fused-ring (bicyclic) bond motifs is 1. The van der Waals surface area contributed by atoms with Crippen molar-refractivity contribution < 1.29 is 14.3 Å². The lowest BCUT2D eigenvalue weighted by Gasteiger charge is -2.03. The molecule has 134 valence electrons. The van der Waals surface area contributed by atoms with Gasteiger partial charge in [-0.25, -0.2) is 9.78 Å². The molecule has 0 spiro atoms. The predicted molar refractivity (Wildman–Crippen MR) is 105 cm³/mol. The maximum absolute atomic E-state index is 12.6. The lowest BCUT2D eigenvalue weighted by molar-refractivity contribution is 0.0470. The Balaban J connectivity index is 1.47. The number of aryl methyl sites for hydroxylation is 1. The predicted octanol–water partition coefficient (Wildman–Crippen LogP) is 4.64. The number of nitrogens with zero attached hydrogens (tertiary/aromatic N) is 1. The number of nitrogens with one attached hydrogen (secondary N) is 1. The first-order chi connectivity index (χ1) is 13.1. The van der Waals surface area contributed by atoms with Crippen molar-refractivity contribution in [3.63, 3.8) is 0 Å². The molecular formula is C21H16N2O3S. The number of para-hydroxylation sites is 1. The zero-order chi connectivity index (χ0) is 18.8. The Bertz CT molecular complexity index is 1130. The van der Waals surface area contributed by atoms with Gasteiger partial charge in [0.2, 0.25) is 5.78 Å². The molecule has 2 aromatic carbocycles. The number of hydrogen-bond acceptors (Lipinski definition) is 5. The maximum atomic E-state index is 12.6. The van der Waals surface area contributed by atoms with Crippen LogP contribution in [0, 0.1) is 6.92 Å². The summed E-state index contributed by atoms with van der Waals surface area (Å²) in [6.07, 6.45) is 0. The van der Waals surface area contributed by atoms with E-state index in [1.165, 1.54) is 11.3 Å². The number of ketones is 1. The Kier molecular flexibility index (Phi) is 4.56. The van der Waals surface area contributed by atoms with Gasteiger partial charge in [0.25, 0.3) is 0 Å². The van der Waals surface area contributed by atoms with E-state index in [1.807, 2.05) is 61.5 Å². The number of aromatic amines is 1. The normalized spacial score (nSPS) is 10.9. The molecule has 4 rings (SSSR count). The molecule has 0 fully saturated rings. The lowest BCUT2D eigenvalue weighted by atomic mass is 10.1. The van der Waals surface area contributed by atoms with Crippen LogP contribution in [0.1, 0.15) is 26.5 Å². The van der Waals surface area contributed by atoms with E-state index in [4.69, 9.17) is 4.74 Å². The molecule has 0 aliphatic heterocycles. The fraction of sp³-hybridized carbons (Fsp3) is 0.0952. The van der Waals surface area contributed by atoms with Crippen molar-refractivity contribution in [1.82, 2.24) is 9.97 Å². The summed E-state index contributed by atoms with van der Waals surface area (Å²) in [4.78, 5) is 32.4. The Morgan fingerprint density at radius 2 is 1.81 bits per heavy atom. The van der Waals surface area contributed by atoms with E-state index >= 15 is 0 Å². The van der Waals surface area contributed by atoms with Gasteiger partial charge >= 0.3 is 5.97 Å². The third-order valence-corrected chi connectivity index (χ3v) is 5.13. The van der Waals surface area contributed by atoms with Crippen LogP contribution in [0.5, 0.6) is 0 Å². The van der Waals surface area contributed by atoms with Gasteiger partial charge in [-0.3, -0.25) is 4.79 Å². The van der Waals surface area contributed by atoms with Gasteiger partial charge in [-0.2, -0.15) is 0 Å². The molecule has 0 saturated heterocycles. The van der Waals surface area contributed by atoms with Gasteiger partial charge in [-0.05, 0) is 13.0 Å². The zero-order valence-electron chi connectivity index (χ0n) is 14.6. The SMILES string of the molecule is Cc1[nH]c2ccccc2c1C(=O)COC(=O)c1csc(-c2ccccc2)n1. The van der Waals surface area contributed by atoms with Gasteiger partial charge in [0.05, 0.1) is 0 Å². The lowest BCUT2D eigenvalue weighted by Crippen LogP contribution is -2.15. The van der Waals surface area contributed by atoms with Gasteiger partial charge in [-0.15, -0.1) is 11.3 Å². The fourth-order valence-electron chi connectivity index (χ4n) is 2.99. The van der Waals surface area contributed by atoms with E-state index in [0.29, 0.717) is 5.56 Å². The average Bonchev–Trinajstić information content (AvgIpc) is 3.30. The minimum absolute atomic E-state index is 0.210. The number of H-pyrrole nitrogens is 1. The van der Waals surface area contributed by atoms with Crippen molar-refractivity contribution in [2.45, 2.75) is 6.92 Å². The van der Waals surface area contributed by atoms with Gasteiger partial charge < -0.3 is 9.72 Å². The monoisotopic (exact) mass is 376 g/mol. The largest absolute Gasteiger partial charge is 0.453 e. The number of carbonyl (C=O) groups is 2. The first kappa shape index (κ1) is 17.2. The van der Waals surface area contributed by atoms with Gasteiger partial charge in [0.1, 0.15) is 5.01 Å². The van der Waals surface area contributed by atoms with Crippen molar-refractivity contribution in [1.29, 1.82) is 0 Å². The van der Waals surface area contributed by atoms with Crippen molar-refractivity contribution in [2.75, 3.05) is 6.61 Å². The fourth-order valence-corrected chi connectivity index (χ4v) is 3.79. The first-order valence-corrected chi connectivity index (χ1v) is 9.30. The molecule has 0 bridgehead atoms. The van der Waals surface area contributed by atoms with Crippen molar-refractivity contribution in [3.8, 4) is 10.6 Å². The molecule has 0 unspecified atom stereocenters. The standard InChI is InChI=1S/C21H16N2O3S/c1-13-19(15-9-5-6-10-16(15)22-13)18(24)11-26-21(25)17-12-27-20(23-17)14-7-3-2-4-8-14/h2-10,12,22H,11H2,1H3. The van der Waals surface area contributed by atoms with E-state index in [1.54, 1.807) is 5.38 Å². The van der Waals surface area contributed by atoms with Crippen LogP contribution in [-0.4, -0.2) is 28.3 Å². The highest BCUT2D eigenvalue weighted by atomic mass is 32.1. The minimum atomic E-state index is -0.598. The number of Topliss-reactive ketones (excluding diaryl/α,β-unsaturated/α-hetero) is 1. The van der Waals surface area contributed by atoms with Crippen LogP contribution in [0.15, 0.2) is 60.0 Å². The molecule has 5 nitrogen and oxygen atoms in total. The van der Waals surface area contributed by atoms with Crippen LogP contribution in [-0.2, 0) is 4.74 Å². The summed E-state index contributed by atoms with van der Waals surface area (Å²) in [5, 5.41) is 3.21. The highest BCUT2D eigenvalue weighted by Gasteiger charge is 2.19. The highest BCUT2D eigenvalue weighted by Crippen LogP contribution is 2.24. The summed E-state index contributed by atoms with van der Waals surface area (Å²) in [7, 11) is 0. The average molecular weight is 376 g/mol. The zero-order valence-corrected chi connectivity index (χ0v) is 15.4. The second-order valence-electron chi connectivity index (χ2n) is 6.07. The number of thiazole rings is 1. The van der Waals surface area contributed by atoms with Crippen LogP contribution in [0.2, 0.25) is 0 Å². The smallest absolute Gasteiger partial charge is 0.358 e. The maximum Gasteiger partial charge on any atom is 0.358 e. The molecule has 27 heavy (non-hydrogen) atoms. The molecule has 0 radical (unpaired) electrons. The number of benzene rings is 2. The molecule has 0 aliphatic carbocycles. The summed E-state index contributed by atoms with van der Waals surface area (Å²) >= 11 is 1.37. The van der Waals surface area contributed by atoms with Crippen LogP contribution in [0.4, 0.5) is 0 Å². The highest BCUT2D eigenvalue weighted by molar-refractivity contribution is 7.13. The molecule has 0 saturated carbocycles. The quantitative estimate of drug-likeness (QED) is 0.407. The van der Waals surface area contributed by atoms with Crippen LogP contribution >= 0.6 is 11.3 Å². The van der Waals surface area contributed by atoms with Crippen LogP contribution < -0.4 is 0 Å². The van der Waals surface area contributed by atoms with Gasteiger partial charge in [-0.1, -0.05) is 48.5 Å². The molecule has 0 atom stereocenters. The summed E-state index contributed by atoms with van der Waals surface area (Å²) in [5.74, 6) is -0.837. The Labute approximate surface area is 159 Å². The molecule has 1 N–H and O–H groups in total. The molecular weight excluding hydrogens is 360 g/mol. The van der Waals surface area contributed by atoms with Gasteiger partial charge in [0.15, 0.2) is 12.3 Å². The summed E-state index contributed by atoms with van der Waals surface area (Å²) in [6, 6.07) is 17.2. The molecule has 4 aromatic rings. The first-order valence-electron chi connectivity index (χ1n) is 8.42. The van der Waals surface area contributed by atoms with E-state index in [0.717, 1.165) is 27.2 Å². The number of ether oxygens (including phenoxy) is 1. The number of carbonyl (C=O) groups excluding carboxylic acids is 2. The van der Waals surface area contributed by atoms with Crippen molar-refractivity contribution >= 4 is 34.0 Å². The van der Waals surface area contributed by atoms with E-state index in [-0.39, 0.29) is 18.1 Å². The minimum Gasteiger partial charge on any atom is -0.453 e. The molecule has 2 heterocycles. The molecule has 0 aliphatic rings. The number of rotatable bonds is 5. The second-order valence-corrected chi connectivity index (χ2v) is 6.93. The van der Waals surface area contributed by atoms with Crippen molar-refractivity contribution in [2.24, 2.45) is 0 Å². The van der Waals surface area contributed by atoms with E-state index in [2.05, 4.69) is 9.97 Å². The molecule has 0 amide bonds. The molecule has 2 aromatic heterocycles. The second kappa shape index (κ2) is 7.17. The third-order valence-electron chi connectivity index (χ3n) is 4.24. The topological polar surface area (TPSA) is 72.1 Å². The summed E-state index contributed by atoms with van der Waals surface area (Å²) in [5.41, 5.74) is 3.35. The van der Waals surface area contributed by atoms with Gasteiger partial charge in [0, 0.05) is 33.1 Å². The Morgan fingerprint density at radius 3 is 2.63 bits per heavy atom. The Hall–Kier alpha value is -3.25. The van der Waals surface area contributed by atoms with E-state index < -0.39 is 5.97 Å². The van der Waals surface area contributed by atoms with Crippen LogP contribution in [0.25, 0.3) is 21.5 Å². The number of aromatic nitrogens is 2. The Morgan fingerprint density at radius 1 is 1.07 bits per heavy atom. The van der Waals surface area contributed by atoms with Crippen LogP contribution in [0.3, 0.4) is 0 Å².